The number of rotatable bonds is 5. The van der Waals surface area contributed by atoms with Gasteiger partial charge in [0.05, 0.1) is 6.42 Å². The van der Waals surface area contributed by atoms with Crippen LogP contribution in [0.15, 0.2) is 11.6 Å². The number of carbonyl (C=O) groups is 1. The smallest absolute Gasteiger partial charge is 0.303 e. The van der Waals surface area contributed by atoms with Crippen molar-refractivity contribution in [1.82, 2.24) is 0 Å². The average molecular weight is 182 g/mol. The van der Waals surface area contributed by atoms with E-state index in [0.717, 1.165) is 19.3 Å². The molecule has 1 rings (SSSR count). The molecule has 1 atom stereocenters. The lowest BCUT2D eigenvalue weighted by Crippen LogP contribution is -2.19. The molecule has 1 aliphatic rings. The van der Waals surface area contributed by atoms with E-state index in [1.54, 1.807) is 0 Å². The summed E-state index contributed by atoms with van der Waals surface area (Å²) in [6.45, 7) is 2.17. The van der Waals surface area contributed by atoms with Crippen molar-refractivity contribution in [2.24, 2.45) is 5.92 Å². The molecule has 1 fully saturated rings. The van der Waals surface area contributed by atoms with Crippen molar-refractivity contribution in [2.75, 3.05) is 0 Å². The summed E-state index contributed by atoms with van der Waals surface area (Å²) in [7, 11) is 0. The van der Waals surface area contributed by atoms with Gasteiger partial charge in [-0.2, -0.15) is 0 Å². The van der Waals surface area contributed by atoms with Gasteiger partial charge in [0.15, 0.2) is 0 Å². The van der Waals surface area contributed by atoms with Crippen LogP contribution < -0.4 is 0 Å². The van der Waals surface area contributed by atoms with Crippen LogP contribution in [0.25, 0.3) is 0 Å². The maximum Gasteiger partial charge on any atom is 0.303 e. The van der Waals surface area contributed by atoms with E-state index in [0.29, 0.717) is 12.3 Å². The minimum atomic E-state index is -0.661. The Morgan fingerprint density at radius 2 is 2.46 bits per heavy atom. The fourth-order valence-electron chi connectivity index (χ4n) is 1.72. The summed E-state index contributed by atoms with van der Waals surface area (Å²) in [5.41, 5.74) is 1.39. The first kappa shape index (κ1) is 10.3. The molecule has 0 amide bonds. The van der Waals surface area contributed by atoms with Crippen LogP contribution in [-0.4, -0.2) is 11.1 Å². The van der Waals surface area contributed by atoms with Gasteiger partial charge in [-0.3, -0.25) is 4.79 Å². The summed E-state index contributed by atoms with van der Waals surface area (Å²) >= 11 is 0. The Bertz CT molecular complexity index is 206. The van der Waals surface area contributed by atoms with Gasteiger partial charge in [0.2, 0.25) is 0 Å². The minimum Gasteiger partial charge on any atom is -0.481 e. The molecule has 2 heteroatoms. The van der Waals surface area contributed by atoms with Crippen LogP contribution in [0, 0.1) is 5.92 Å². The van der Waals surface area contributed by atoms with Gasteiger partial charge in [-0.15, -0.1) is 0 Å². The van der Waals surface area contributed by atoms with Crippen LogP contribution in [0.3, 0.4) is 0 Å². The van der Waals surface area contributed by atoms with E-state index in [1.807, 2.05) is 0 Å². The van der Waals surface area contributed by atoms with Gasteiger partial charge in [0.1, 0.15) is 0 Å². The quantitative estimate of drug-likeness (QED) is 0.524. The third-order valence-electron chi connectivity index (χ3n) is 2.69. The molecule has 0 radical (unpaired) electrons. The summed E-state index contributed by atoms with van der Waals surface area (Å²) in [6, 6.07) is 0. The van der Waals surface area contributed by atoms with Gasteiger partial charge in [-0.05, 0) is 25.2 Å². The van der Waals surface area contributed by atoms with E-state index in [2.05, 4.69) is 13.0 Å². The van der Waals surface area contributed by atoms with E-state index in [9.17, 15) is 4.79 Å². The Labute approximate surface area is 79.6 Å². The zero-order valence-corrected chi connectivity index (χ0v) is 8.25. The van der Waals surface area contributed by atoms with Crippen molar-refractivity contribution in [3.8, 4) is 0 Å². The van der Waals surface area contributed by atoms with Gasteiger partial charge >= 0.3 is 5.97 Å². The minimum absolute atomic E-state index is 0.331. The Hall–Kier alpha value is -0.790. The highest BCUT2D eigenvalue weighted by Crippen LogP contribution is 2.36. The normalized spacial score (nSPS) is 24.4. The fourth-order valence-corrected chi connectivity index (χ4v) is 1.72. The molecule has 0 aromatic carbocycles. The third kappa shape index (κ3) is 3.21. The molecule has 1 saturated carbocycles. The molecule has 1 N–H and O–H groups in total. The lowest BCUT2D eigenvalue weighted by atomic mass is 9.77. The van der Waals surface area contributed by atoms with Crippen molar-refractivity contribution in [2.45, 2.75) is 45.4 Å². The predicted octanol–water partition coefficient (Wildman–Crippen LogP) is 2.99. The number of aliphatic carboxylic acids is 1. The largest absolute Gasteiger partial charge is 0.481 e. The Morgan fingerprint density at radius 1 is 1.69 bits per heavy atom. The SMILES string of the molecule is CCCC/C=C1/CCC1CC(=O)O. The number of unbranched alkanes of at least 4 members (excludes halogenated alkanes) is 2. The molecule has 1 unspecified atom stereocenters. The second-order valence-corrected chi connectivity index (χ2v) is 3.75. The van der Waals surface area contributed by atoms with E-state index in [1.165, 1.54) is 18.4 Å². The summed E-state index contributed by atoms with van der Waals surface area (Å²) in [6.07, 6.45) is 8.35. The van der Waals surface area contributed by atoms with Crippen molar-refractivity contribution in [1.29, 1.82) is 0 Å². The number of carboxylic acid groups (broad SMARTS) is 1. The van der Waals surface area contributed by atoms with E-state index < -0.39 is 5.97 Å². The number of allylic oxidation sites excluding steroid dienone is 2. The van der Waals surface area contributed by atoms with Crippen LogP contribution in [-0.2, 0) is 4.79 Å². The molecular formula is C11H18O2. The zero-order chi connectivity index (χ0) is 9.68. The lowest BCUT2D eigenvalue weighted by molar-refractivity contribution is -0.138. The number of carboxylic acids is 1. The molecule has 0 saturated heterocycles. The first-order valence-electron chi connectivity index (χ1n) is 5.14. The summed E-state index contributed by atoms with van der Waals surface area (Å²) < 4.78 is 0. The molecule has 0 aromatic rings. The molecule has 0 spiro atoms. The maximum atomic E-state index is 10.5. The summed E-state index contributed by atoms with van der Waals surface area (Å²) in [4.78, 5) is 10.5. The van der Waals surface area contributed by atoms with Gasteiger partial charge in [0, 0.05) is 0 Å². The van der Waals surface area contributed by atoms with Crippen LogP contribution in [0.4, 0.5) is 0 Å². The molecule has 0 aliphatic heterocycles. The van der Waals surface area contributed by atoms with Gasteiger partial charge < -0.3 is 5.11 Å². The molecular weight excluding hydrogens is 164 g/mol. The van der Waals surface area contributed by atoms with Crippen LogP contribution in [0.5, 0.6) is 0 Å². The first-order valence-corrected chi connectivity index (χ1v) is 5.14. The van der Waals surface area contributed by atoms with Crippen LogP contribution >= 0.6 is 0 Å². The van der Waals surface area contributed by atoms with Crippen molar-refractivity contribution in [3.63, 3.8) is 0 Å². The van der Waals surface area contributed by atoms with E-state index >= 15 is 0 Å². The number of hydrogen-bond acceptors (Lipinski definition) is 1. The summed E-state index contributed by atoms with van der Waals surface area (Å²) in [5, 5.41) is 8.61. The second kappa shape index (κ2) is 5.05. The molecule has 1 aliphatic carbocycles. The maximum absolute atomic E-state index is 10.5. The number of hydrogen-bond donors (Lipinski definition) is 1. The van der Waals surface area contributed by atoms with Crippen molar-refractivity contribution < 1.29 is 9.90 Å². The Morgan fingerprint density at radius 3 is 2.92 bits per heavy atom. The average Bonchev–Trinajstić information content (AvgIpc) is 2.06. The second-order valence-electron chi connectivity index (χ2n) is 3.75. The molecule has 0 aromatic heterocycles. The fraction of sp³-hybridized carbons (Fsp3) is 0.727. The van der Waals surface area contributed by atoms with Crippen molar-refractivity contribution >= 4 is 5.97 Å². The first-order chi connectivity index (χ1) is 6.24. The van der Waals surface area contributed by atoms with Gasteiger partial charge in [-0.1, -0.05) is 31.4 Å². The zero-order valence-electron chi connectivity index (χ0n) is 8.25. The summed E-state index contributed by atoms with van der Waals surface area (Å²) in [5.74, 6) is -0.305. The Balaban J connectivity index is 2.27. The Kier molecular flexibility index (Phi) is 4.00. The van der Waals surface area contributed by atoms with Gasteiger partial charge in [-0.25, -0.2) is 0 Å². The molecule has 74 valence electrons. The van der Waals surface area contributed by atoms with Crippen molar-refractivity contribution in [3.05, 3.63) is 11.6 Å². The highest BCUT2D eigenvalue weighted by atomic mass is 16.4. The topological polar surface area (TPSA) is 37.3 Å². The lowest BCUT2D eigenvalue weighted by Gasteiger charge is -2.28. The van der Waals surface area contributed by atoms with Crippen LogP contribution in [0.2, 0.25) is 0 Å². The highest BCUT2D eigenvalue weighted by Gasteiger charge is 2.25. The third-order valence-corrected chi connectivity index (χ3v) is 2.69. The molecule has 0 heterocycles. The molecule has 13 heavy (non-hydrogen) atoms. The monoisotopic (exact) mass is 182 g/mol. The van der Waals surface area contributed by atoms with E-state index in [4.69, 9.17) is 5.11 Å². The standard InChI is InChI=1S/C11H18O2/c1-2-3-4-5-9-6-7-10(9)8-11(12)13/h5,10H,2-4,6-8H2,1H3,(H,12,13)/b9-5-. The van der Waals surface area contributed by atoms with E-state index in [-0.39, 0.29) is 0 Å². The molecule has 2 nitrogen and oxygen atoms in total. The van der Waals surface area contributed by atoms with Gasteiger partial charge in [0.25, 0.3) is 0 Å². The highest BCUT2D eigenvalue weighted by molar-refractivity contribution is 5.67. The molecule has 0 bridgehead atoms. The van der Waals surface area contributed by atoms with Crippen LogP contribution in [0.1, 0.15) is 45.4 Å². The predicted molar refractivity (Wildman–Crippen MR) is 52.6 cm³/mol.